The summed E-state index contributed by atoms with van der Waals surface area (Å²) >= 11 is 0. The molecule has 0 aromatic carbocycles. The number of rotatable bonds is 0. The lowest BCUT2D eigenvalue weighted by Gasteiger charge is -2.19. The number of esters is 1. The molecular weight excluding hydrogens is 144 g/mol. The van der Waals surface area contributed by atoms with Crippen molar-refractivity contribution in [2.24, 2.45) is 0 Å². The van der Waals surface area contributed by atoms with Gasteiger partial charge in [0.15, 0.2) is 0 Å². The van der Waals surface area contributed by atoms with Gasteiger partial charge in [0.2, 0.25) is 0 Å². The third-order valence-electron chi connectivity index (χ3n) is 1.88. The standard InChI is InChI=1S/C8H14O3/c1-6-3-2-4-7(9)5-8(10)11-6/h6-7,9H,2-5H2,1H3/t6-,7+/m0/s1. The van der Waals surface area contributed by atoms with Crippen LogP contribution in [-0.4, -0.2) is 23.3 Å². The Hall–Kier alpha value is -0.570. The molecule has 1 saturated heterocycles. The highest BCUT2D eigenvalue weighted by molar-refractivity contribution is 5.70. The van der Waals surface area contributed by atoms with Crippen molar-refractivity contribution in [2.45, 2.75) is 44.8 Å². The first-order chi connectivity index (χ1) is 5.18. The molecule has 1 heterocycles. The Kier molecular flexibility index (Phi) is 2.88. The molecule has 3 nitrogen and oxygen atoms in total. The fraction of sp³-hybridized carbons (Fsp3) is 0.875. The van der Waals surface area contributed by atoms with Gasteiger partial charge in [-0.3, -0.25) is 4.79 Å². The van der Waals surface area contributed by atoms with Crippen molar-refractivity contribution >= 4 is 5.97 Å². The number of carbonyl (C=O) groups excluding carboxylic acids is 1. The van der Waals surface area contributed by atoms with E-state index in [-0.39, 0.29) is 18.5 Å². The van der Waals surface area contributed by atoms with Crippen LogP contribution in [0.5, 0.6) is 0 Å². The highest BCUT2D eigenvalue weighted by Crippen LogP contribution is 2.14. The van der Waals surface area contributed by atoms with Crippen molar-refractivity contribution in [1.82, 2.24) is 0 Å². The van der Waals surface area contributed by atoms with E-state index in [0.29, 0.717) is 0 Å². The normalized spacial score (nSPS) is 33.8. The van der Waals surface area contributed by atoms with Crippen LogP contribution in [0.15, 0.2) is 0 Å². The Bertz CT molecular complexity index is 130. The van der Waals surface area contributed by atoms with Gasteiger partial charge in [-0.1, -0.05) is 0 Å². The van der Waals surface area contributed by atoms with Gasteiger partial charge < -0.3 is 9.84 Å². The molecule has 0 unspecified atom stereocenters. The molecule has 1 aliphatic rings. The fourth-order valence-electron chi connectivity index (χ4n) is 1.27. The third kappa shape index (κ3) is 2.89. The summed E-state index contributed by atoms with van der Waals surface area (Å²) in [6.45, 7) is 1.88. The molecule has 1 N–H and O–H groups in total. The topological polar surface area (TPSA) is 46.5 Å². The monoisotopic (exact) mass is 158 g/mol. The lowest BCUT2D eigenvalue weighted by Crippen LogP contribution is -2.23. The molecule has 3 heteroatoms. The number of cyclic esters (lactones) is 1. The van der Waals surface area contributed by atoms with Crippen molar-refractivity contribution < 1.29 is 14.6 Å². The van der Waals surface area contributed by atoms with E-state index in [1.807, 2.05) is 6.92 Å². The Morgan fingerprint density at radius 2 is 2.27 bits per heavy atom. The second-order valence-electron chi connectivity index (χ2n) is 3.09. The van der Waals surface area contributed by atoms with Crippen LogP contribution < -0.4 is 0 Å². The summed E-state index contributed by atoms with van der Waals surface area (Å²) in [4.78, 5) is 10.9. The van der Waals surface area contributed by atoms with Gasteiger partial charge in [-0.2, -0.15) is 0 Å². The Morgan fingerprint density at radius 1 is 1.55 bits per heavy atom. The van der Waals surface area contributed by atoms with Crippen molar-refractivity contribution in [3.05, 3.63) is 0 Å². The van der Waals surface area contributed by atoms with E-state index < -0.39 is 6.10 Å². The summed E-state index contributed by atoms with van der Waals surface area (Å²) in [6, 6.07) is 0. The van der Waals surface area contributed by atoms with Crippen LogP contribution in [0.25, 0.3) is 0 Å². The van der Waals surface area contributed by atoms with Gasteiger partial charge in [0.1, 0.15) is 0 Å². The number of ether oxygens (including phenoxy) is 1. The van der Waals surface area contributed by atoms with E-state index in [9.17, 15) is 9.90 Å². The summed E-state index contributed by atoms with van der Waals surface area (Å²) < 4.78 is 4.96. The van der Waals surface area contributed by atoms with Crippen molar-refractivity contribution in [2.75, 3.05) is 0 Å². The van der Waals surface area contributed by atoms with Crippen LogP contribution in [0.3, 0.4) is 0 Å². The Morgan fingerprint density at radius 3 is 3.00 bits per heavy atom. The number of aliphatic hydroxyl groups is 1. The molecule has 11 heavy (non-hydrogen) atoms. The molecule has 1 fully saturated rings. The number of aliphatic hydroxyl groups excluding tert-OH is 1. The van der Waals surface area contributed by atoms with Gasteiger partial charge in [0.25, 0.3) is 0 Å². The van der Waals surface area contributed by atoms with Crippen LogP contribution in [0, 0.1) is 0 Å². The number of hydrogen-bond acceptors (Lipinski definition) is 3. The van der Waals surface area contributed by atoms with Gasteiger partial charge in [-0.15, -0.1) is 0 Å². The number of hydrogen-bond donors (Lipinski definition) is 1. The summed E-state index contributed by atoms with van der Waals surface area (Å²) in [5, 5.41) is 9.17. The average molecular weight is 158 g/mol. The maximum Gasteiger partial charge on any atom is 0.308 e. The smallest absolute Gasteiger partial charge is 0.308 e. The Balaban J connectivity index is 2.41. The highest BCUT2D eigenvalue weighted by atomic mass is 16.5. The molecule has 64 valence electrons. The molecule has 2 atom stereocenters. The van der Waals surface area contributed by atoms with E-state index >= 15 is 0 Å². The van der Waals surface area contributed by atoms with Crippen molar-refractivity contribution in [1.29, 1.82) is 0 Å². The lowest BCUT2D eigenvalue weighted by molar-refractivity contribution is -0.152. The highest BCUT2D eigenvalue weighted by Gasteiger charge is 2.18. The average Bonchev–Trinajstić information content (AvgIpc) is 1.83. The molecule has 0 aliphatic carbocycles. The van der Waals surface area contributed by atoms with E-state index in [2.05, 4.69) is 0 Å². The van der Waals surface area contributed by atoms with Crippen LogP contribution in [0.4, 0.5) is 0 Å². The van der Waals surface area contributed by atoms with Gasteiger partial charge in [-0.25, -0.2) is 0 Å². The summed E-state index contributed by atoms with van der Waals surface area (Å²) in [5.41, 5.74) is 0. The van der Waals surface area contributed by atoms with Gasteiger partial charge >= 0.3 is 5.97 Å². The third-order valence-corrected chi connectivity index (χ3v) is 1.88. The van der Waals surface area contributed by atoms with Crippen LogP contribution in [-0.2, 0) is 9.53 Å². The maximum atomic E-state index is 10.9. The van der Waals surface area contributed by atoms with Crippen LogP contribution >= 0.6 is 0 Å². The van der Waals surface area contributed by atoms with Gasteiger partial charge in [0.05, 0.1) is 18.6 Å². The SMILES string of the molecule is C[C@H]1CCC[C@@H](O)CC(=O)O1. The zero-order chi connectivity index (χ0) is 8.27. The summed E-state index contributed by atoms with van der Waals surface area (Å²) in [6.07, 6.45) is 2.22. The first-order valence-corrected chi connectivity index (χ1v) is 4.06. The Labute approximate surface area is 66.4 Å². The molecule has 0 saturated carbocycles. The first-order valence-electron chi connectivity index (χ1n) is 4.06. The predicted octanol–water partition coefficient (Wildman–Crippen LogP) is 0.853. The number of carbonyl (C=O) groups is 1. The summed E-state index contributed by atoms with van der Waals surface area (Å²) in [5.74, 6) is -0.273. The molecule has 1 aliphatic heterocycles. The van der Waals surface area contributed by atoms with Gasteiger partial charge in [-0.05, 0) is 26.2 Å². The minimum absolute atomic E-state index is 0.0231. The molecule has 0 aromatic rings. The molecule has 0 bridgehead atoms. The molecule has 0 amide bonds. The minimum Gasteiger partial charge on any atom is -0.463 e. The van der Waals surface area contributed by atoms with Crippen molar-refractivity contribution in [3.8, 4) is 0 Å². The van der Waals surface area contributed by atoms with E-state index in [1.165, 1.54) is 0 Å². The van der Waals surface area contributed by atoms with Crippen LogP contribution in [0.2, 0.25) is 0 Å². The summed E-state index contributed by atoms with van der Waals surface area (Å²) in [7, 11) is 0. The second-order valence-corrected chi connectivity index (χ2v) is 3.09. The van der Waals surface area contributed by atoms with Gasteiger partial charge in [0, 0.05) is 0 Å². The first kappa shape index (κ1) is 8.53. The lowest BCUT2D eigenvalue weighted by atomic mass is 10.1. The van der Waals surface area contributed by atoms with E-state index in [4.69, 9.17) is 4.74 Å². The second kappa shape index (κ2) is 3.72. The quantitative estimate of drug-likeness (QED) is 0.532. The van der Waals surface area contributed by atoms with E-state index in [1.54, 1.807) is 0 Å². The maximum absolute atomic E-state index is 10.9. The molecule has 0 radical (unpaired) electrons. The largest absolute Gasteiger partial charge is 0.463 e. The molecule has 0 aromatic heterocycles. The van der Waals surface area contributed by atoms with Crippen molar-refractivity contribution in [3.63, 3.8) is 0 Å². The van der Waals surface area contributed by atoms with E-state index in [0.717, 1.165) is 19.3 Å². The fourth-order valence-corrected chi connectivity index (χ4v) is 1.27. The van der Waals surface area contributed by atoms with Crippen LogP contribution in [0.1, 0.15) is 32.6 Å². The molecular formula is C8H14O3. The predicted molar refractivity (Wildman–Crippen MR) is 40.0 cm³/mol. The molecule has 0 spiro atoms. The zero-order valence-corrected chi connectivity index (χ0v) is 6.75. The minimum atomic E-state index is -0.491. The molecule has 1 rings (SSSR count). The zero-order valence-electron chi connectivity index (χ0n) is 6.75.